The molecule has 12 heteroatoms. The van der Waals surface area contributed by atoms with Crippen LogP contribution in [0.2, 0.25) is 0 Å². The van der Waals surface area contributed by atoms with Crippen LogP contribution in [-0.4, -0.2) is 107 Å². The van der Waals surface area contributed by atoms with E-state index < -0.39 is 0 Å². The highest BCUT2D eigenvalue weighted by atomic mass is 32.2. The SMILES string of the molecule is NC(=O)C1NCC(N[C@H]2CCCC[C@H]2[NH3+])CC1NC1CCC(C2CSC3C(=O)C=C(N4CCOCC4)OC32)S1. The first kappa shape index (κ1) is 28.1. The zero-order chi connectivity index (χ0) is 26.9. The zero-order valence-electron chi connectivity index (χ0n) is 22.7. The third kappa shape index (κ3) is 6.27. The summed E-state index contributed by atoms with van der Waals surface area (Å²) in [7, 11) is 0. The molecule has 5 heterocycles. The fourth-order valence-corrected chi connectivity index (χ4v) is 10.6. The van der Waals surface area contributed by atoms with E-state index >= 15 is 0 Å². The Morgan fingerprint density at radius 2 is 1.95 bits per heavy atom. The molecule has 5 fully saturated rings. The predicted molar refractivity (Wildman–Crippen MR) is 153 cm³/mol. The second-order valence-corrected chi connectivity index (χ2v) is 14.7. The zero-order valence-corrected chi connectivity index (χ0v) is 24.4. The van der Waals surface area contributed by atoms with Gasteiger partial charge in [0, 0.05) is 61.1 Å². The van der Waals surface area contributed by atoms with Crippen LogP contribution >= 0.6 is 23.5 Å². The van der Waals surface area contributed by atoms with Crippen LogP contribution in [0.15, 0.2) is 12.0 Å². The number of nitrogens with one attached hydrogen (secondary N) is 3. The molecule has 4 saturated heterocycles. The van der Waals surface area contributed by atoms with Crippen LogP contribution in [0, 0.1) is 5.92 Å². The van der Waals surface area contributed by atoms with Crippen LogP contribution in [0.4, 0.5) is 0 Å². The van der Waals surface area contributed by atoms with Gasteiger partial charge in [0.2, 0.25) is 5.91 Å². The van der Waals surface area contributed by atoms with Gasteiger partial charge in [0.15, 0.2) is 11.7 Å². The van der Waals surface area contributed by atoms with Crippen molar-refractivity contribution in [3.8, 4) is 0 Å². The molecular formula is C27H45N6O4S2+. The molecule has 6 aliphatic rings. The summed E-state index contributed by atoms with van der Waals surface area (Å²) in [4.78, 5) is 27.5. The summed E-state index contributed by atoms with van der Waals surface area (Å²) in [6.45, 7) is 3.62. The van der Waals surface area contributed by atoms with Crippen molar-refractivity contribution in [1.29, 1.82) is 0 Å². The lowest BCUT2D eigenvalue weighted by molar-refractivity contribution is -0.431. The van der Waals surface area contributed by atoms with Gasteiger partial charge in [0.05, 0.1) is 30.7 Å². The van der Waals surface area contributed by atoms with E-state index in [2.05, 4.69) is 26.6 Å². The number of hydrogen-bond donors (Lipinski definition) is 5. The minimum atomic E-state index is -0.364. The molecule has 1 saturated carbocycles. The summed E-state index contributed by atoms with van der Waals surface area (Å²) in [5, 5.41) is 11.7. The van der Waals surface area contributed by atoms with Crippen molar-refractivity contribution in [2.24, 2.45) is 11.7 Å². The Bertz CT molecular complexity index is 936. The molecule has 1 amide bonds. The number of carbonyl (C=O) groups is 2. The summed E-state index contributed by atoms with van der Waals surface area (Å²) in [5.74, 6) is 1.91. The maximum absolute atomic E-state index is 13.0. The Hall–Kier alpha value is -1.02. The molecule has 1 aliphatic carbocycles. The van der Waals surface area contributed by atoms with Gasteiger partial charge in [-0.3, -0.25) is 9.59 Å². The number of morpholine rings is 1. The molecule has 8 unspecified atom stereocenters. The predicted octanol–water partition coefficient (Wildman–Crippen LogP) is -0.602. The van der Waals surface area contributed by atoms with Crippen LogP contribution < -0.4 is 27.4 Å². The first-order valence-corrected chi connectivity index (χ1v) is 16.9. The number of piperidine rings is 1. The van der Waals surface area contributed by atoms with E-state index in [0.29, 0.717) is 42.5 Å². The van der Waals surface area contributed by atoms with E-state index in [0.717, 1.165) is 50.5 Å². The summed E-state index contributed by atoms with van der Waals surface area (Å²) < 4.78 is 12.0. The Kier molecular flexibility index (Phi) is 8.98. The van der Waals surface area contributed by atoms with E-state index in [4.69, 9.17) is 15.2 Å². The number of primary amides is 1. The molecule has 0 radical (unpaired) electrons. The third-order valence-electron chi connectivity index (χ3n) is 9.43. The quantitative estimate of drug-likeness (QED) is 0.264. The molecule has 218 valence electrons. The number of ketones is 1. The maximum atomic E-state index is 13.0. The van der Waals surface area contributed by atoms with Gasteiger partial charge < -0.3 is 41.8 Å². The number of amides is 1. The Labute approximate surface area is 239 Å². The third-order valence-corrected chi connectivity index (χ3v) is 12.5. The van der Waals surface area contributed by atoms with Crippen LogP contribution in [0.5, 0.6) is 0 Å². The second kappa shape index (κ2) is 12.5. The largest absolute Gasteiger partial charge is 0.474 e. The highest BCUT2D eigenvalue weighted by Crippen LogP contribution is 2.48. The lowest BCUT2D eigenvalue weighted by Crippen LogP contribution is -2.72. The number of fused-ring (bicyclic) bond motifs is 1. The highest BCUT2D eigenvalue weighted by Gasteiger charge is 2.50. The summed E-state index contributed by atoms with van der Waals surface area (Å²) in [6, 6.07) is 0.823. The molecular weight excluding hydrogens is 536 g/mol. The molecule has 10 nitrogen and oxygen atoms in total. The first-order valence-electron chi connectivity index (χ1n) is 14.9. The number of allylic oxidation sites excluding steroid dienone is 1. The van der Waals surface area contributed by atoms with Crippen molar-refractivity contribution >= 4 is 35.2 Å². The second-order valence-electron chi connectivity index (χ2n) is 12.0. The van der Waals surface area contributed by atoms with Gasteiger partial charge in [-0.1, -0.05) is 6.42 Å². The van der Waals surface area contributed by atoms with E-state index in [9.17, 15) is 9.59 Å². The summed E-state index contributed by atoms with van der Waals surface area (Å²) in [6.07, 6.45) is 9.53. The molecule has 10 atom stereocenters. The van der Waals surface area contributed by atoms with Crippen molar-refractivity contribution < 1.29 is 24.8 Å². The number of nitrogens with two attached hydrogens (primary N) is 1. The van der Waals surface area contributed by atoms with Crippen LogP contribution in [0.3, 0.4) is 0 Å². The average molecular weight is 582 g/mol. The molecule has 0 aromatic carbocycles. The molecule has 0 bridgehead atoms. The minimum Gasteiger partial charge on any atom is -0.474 e. The van der Waals surface area contributed by atoms with Gasteiger partial charge in [0.25, 0.3) is 0 Å². The van der Waals surface area contributed by atoms with Gasteiger partial charge >= 0.3 is 0 Å². The van der Waals surface area contributed by atoms with E-state index in [1.165, 1.54) is 25.7 Å². The fourth-order valence-electron chi connectivity index (χ4n) is 7.26. The van der Waals surface area contributed by atoms with Crippen LogP contribution in [0.1, 0.15) is 44.9 Å². The average Bonchev–Trinajstić information content (AvgIpc) is 3.58. The number of quaternary nitrogens is 1. The Morgan fingerprint density at radius 1 is 1.13 bits per heavy atom. The fraction of sp³-hybridized carbons (Fsp3) is 0.852. The standard InChI is InChI=1S/C27H44N6O4S2/c28-17-3-1-2-4-18(17)31-15-11-19(24(27(29)35)30-13-15)32-22-6-5-21(39-22)16-14-38-26-20(34)12-23(37-25(16)26)33-7-9-36-10-8-33/h12,15-19,21-22,24-26,30-32H,1-11,13-14,28H2,(H2,29,35)/p+1/t15?,16?,17-,18+,19?,21?,22?,24?,25?,26?/m1/s1. The smallest absolute Gasteiger partial charge is 0.236 e. The van der Waals surface area contributed by atoms with Crippen LogP contribution in [0.25, 0.3) is 0 Å². The summed E-state index contributed by atoms with van der Waals surface area (Å²) >= 11 is 3.72. The molecule has 39 heavy (non-hydrogen) atoms. The van der Waals surface area contributed by atoms with Crippen LogP contribution in [-0.2, 0) is 19.1 Å². The van der Waals surface area contributed by atoms with E-state index in [-0.39, 0.29) is 40.5 Å². The van der Waals surface area contributed by atoms with Crippen molar-refractivity contribution in [3.05, 3.63) is 12.0 Å². The molecule has 0 spiro atoms. The molecule has 8 N–H and O–H groups in total. The topological polar surface area (TPSA) is 146 Å². The normalized spacial score (nSPS) is 43.1. The van der Waals surface area contributed by atoms with Crippen molar-refractivity contribution in [1.82, 2.24) is 20.9 Å². The summed E-state index contributed by atoms with van der Waals surface area (Å²) in [5.41, 5.74) is 10.2. The van der Waals surface area contributed by atoms with Gasteiger partial charge in [0.1, 0.15) is 17.4 Å². The Balaban J connectivity index is 1.06. The van der Waals surface area contributed by atoms with Gasteiger partial charge in [-0.25, -0.2) is 0 Å². The monoisotopic (exact) mass is 581 g/mol. The number of nitrogens with zero attached hydrogens (tertiary/aromatic N) is 1. The van der Waals surface area contributed by atoms with Crippen molar-refractivity contribution in [2.75, 3.05) is 38.6 Å². The number of hydrogen-bond acceptors (Lipinski definition) is 10. The molecule has 0 aromatic rings. The molecule has 6 rings (SSSR count). The van der Waals surface area contributed by atoms with E-state index in [1.807, 2.05) is 11.8 Å². The lowest BCUT2D eigenvalue weighted by Gasteiger charge is -2.40. The minimum absolute atomic E-state index is 0.00841. The van der Waals surface area contributed by atoms with Gasteiger partial charge in [-0.05, 0) is 32.1 Å². The number of carbonyl (C=O) groups excluding carboxylic acids is 2. The Morgan fingerprint density at radius 3 is 2.74 bits per heavy atom. The van der Waals surface area contributed by atoms with Crippen molar-refractivity contribution in [2.45, 2.75) is 97.1 Å². The van der Waals surface area contributed by atoms with Crippen molar-refractivity contribution in [3.63, 3.8) is 0 Å². The number of rotatable bonds is 7. The van der Waals surface area contributed by atoms with E-state index in [1.54, 1.807) is 17.8 Å². The molecule has 5 aliphatic heterocycles. The highest BCUT2D eigenvalue weighted by molar-refractivity contribution is 8.01. The van der Waals surface area contributed by atoms with Gasteiger partial charge in [-0.15, -0.1) is 23.5 Å². The number of ether oxygens (including phenoxy) is 2. The lowest BCUT2D eigenvalue weighted by atomic mass is 9.88. The first-order chi connectivity index (χ1) is 19.0. The maximum Gasteiger partial charge on any atom is 0.236 e. The molecule has 0 aromatic heterocycles. The van der Waals surface area contributed by atoms with Gasteiger partial charge in [-0.2, -0.15) is 0 Å². The number of thioether (sulfide) groups is 2.